The molecule has 35 heavy (non-hydrogen) atoms. The molecule has 0 aromatic heterocycles. The molecule has 1 saturated heterocycles. The van der Waals surface area contributed by atoms with E-state index >= 15 is 0 Å². The highest BCUT2D eigenvalue weighted by Gasteiger charge is 2.45. The number of hydrogen-bond donors (Lipinski definition) is 3. The topological polar surface area (TPSA) is 185 Å². The van der Waals surface area contributed by atoms with Gasteiger partial charge in [0, 0.05) is 25.1 Å². The van der Waals surface area contributed by atoms with E-state index in [1.807, 2.05) is 0 Å². The second-order valence-electron chi connectivity index (χ2n) is 7.66. The van der Waals surface area contributed by atoms with Crippen LogP contribution in [0.4, 0.5) is 5.69 Å². The normalized spacial score (nSPS) is 17.1. The Morgan fingerprint density at radius 3 is 2.54 bits per heavy atom. The number of ketones is 1. The summed E-state index contributed by atoms with van der Waals surface area (Å²) in [6, 6.07) is 3.64. The van der Waals surface area contributed by atoms with Crippen molar-refractivity contribution in [3.63, 3.8) is 0 Å². The smallest absolute Gasteiger partial charge is 0.372 e. The molecule has 0 bridgehead atoms. The first kappa shape index (κ1) is 25.5. The number of fused-ring (bicyclic) bond motifs is 1. The van der Waals surface area contributed by atoms with E-state index in [1.54, 1.807) is 12.1 Å². The number of Topliss-reactive ketones (excluding diaryl/α,β-unsaturated/α-hetero) is 1. The summed E-state index contributed by atoms with van der Waals surface area (Å²) in [6.45, 7) is 0.373. The highest BCUT2D eigenvalue weighted by molar-refractivity contribution is 6.32. The Morgan fingerprint density at radius 1 is 1.06 bits per heavy atom. The van der Waals surface area contributed by atoms with Crippen LogP contribution in [-0.4, -0.2) is 83.8 Å². The average Bonchev–Trinajstić information content (AvgIpc) is 3.07. The number of imide groups is 2. The zero-order chi connectivity index (χ0) is 25.5. The Hall–Kier alpha value is -4.13. The third kappa shape index (κ3) is 6.06. The number of amides is 4. The first-order chi connectivity index (χ1) is 16.7. The first-order valence-electron chi connectivity index (χ1n) is 10.8. The molecule has 0 aliphatic carbocycles. The SMILES string of the molecule is O=C1CCC(N2C(=O)c3cccc(NCCOCCOC(=O)CCC(=O)C(=O)O)c3C2=O)C(=O)N1. The van der Waals surface area contributed by atoms with Crippen molar-refractivity contribution >= 4 is 47.0 Å². The molecule has 1 aromatic carbocycles. The summed E-state index contributed by atoms with van der Waals surface area (Å²) >= 11 is 0. The van der Waals surface area contributed by atoms with Gasteiger partial charge in [0.15, 0.2) is 0 Å². The third-order valence-electron chi connectivity index (χ3n) is 5.32. The average molecular weight is 489 g/mol. The van der Waals surface area contributed by atoms with Crippen molar-refractivity contribution in [1.82, 2.24) is 10.2 Å². The van der Waals surface area contributed by atoms with E-state index in [4.69, 9.17) is 14.6 Å². The van der Waals surface area contributed by atoms with Gasteiger partial charge in [0.2, 0.25) is 17.6 Å². The van der Waals surface area contributed by atoms with Crippen LogP contribution in [0.15, 0.2) is 18.2 Å². The Kier molecular flexibility index (Phi) is 8.25. The van der Waals surface area contributed by atoms with Crippen LogP contribution in [0.1, 0.15) is 46.4 Å². The number of carbonyl (C=O) groups excluding carboxylic acids is 6. The predicted molar refractivity (Wildman–Crippen MR) is 115 cm³/mol. The molecule has 1 unspecified atom stereocenters. The second kappa shape index (κ2) is 11.3. The number of carboxylic acid groups (broad SMARTS) is 1. The molecule has 2 aliphatic heterocycles. The van der Waals surface area contributed by atoms with Crippen LogP contribution in [-0.2, 0) is 33.4 Å². The molecule has 0 saturated carbocycles. The molecule has 4 amide bonds. The number of piperidine rings is 1. The van der Waals surface area contributed by atoms with Gasteiger partial charge in [-0.2, -0.15) is 0 Å². The Morgan fingerprint density at radius 2 is 1.83 bits per heavy atom. The molecule has 2 aliphatic rings. The summed E-state index contributed by atoms with van der Waals surface area (Å²) in [5.41, 5.74) is 0.666. The minimum atomic E-state index is -1.60. The molecule has 1 aromatic rings. The quantitative estimate of drug-likeness (QED) is 0.149. The molecule has 1 atom stereocenters. The van der Waals surface area contributed by atoms with E-state index < -0.39 is 53.8 Å². The lowest BCUT2D eigenvalue weighted by Gasteiger charge is -2.27. The van der Waals surface area contributed by atoms with E-state index in [2.05, 4.69) is 10.6 Å². The van der Waals surface area contributed by atoms with Gasteiger partial charge in [-0.15, -0.1) is 0 Å². The number of aliphatic carboxylic acids is 1. The summed E-state index contributed by atoms with van der Waals surface area (Å²) < 4.78 is 10.2. The van der Waals surface area contributed by atoms with Crippen molar-refractivity contribution in [3.05, 3.63) is 29.3 Å². The molecule has 3 rings (SSSR count). The van der Waals surface area contributed by atoms with Gasteiger partial charge in [-0.25, -0.2) is 4.79 Å². The van der Waals surface area contributed by atoms with Gasteiger partial charge in [-0.05, 0) is 18.6 Å². The molecule has 1 fully saturated rings. The Labute approximate surface area is 198 Å². The van der Waals surface area contributed by atoms with Crippen LogP contribution in [0.2, 0.25) is 0 Å². The van der Waals surface area contributed by atoms with Gasteiger partial charge in [-0.1, -0.05) is 6.07 Å². The Balaban J connectivity index is 1.45. The second-order valence-corrected chi connectivity index (χ2v) is 7.66. The minimum Gasteiger partial charge on any atom is -0.476 e. The highest BCUT2D eigenvalue weighted by atomic mass is 16.6. The monoisotopic (exact) mass is 489 g/mol. The van der Waals surface area contributed by atoms with E-state index in [-0.39, 0.29) is 56.8 Å². The lowest BCUT2D eigenvalue weighted by atomic mass is 10.0. The summed E-state index contributed by atoms with van der Waals surface area (Å²) in [4.78, 5) is 83.0. The summed E-state index contributed by atoms with van der Waals surface area (Å²) in [5, 5.41) is 13.6. The van der Waals surface area contributed by atoms with Crippen molar-refractivity contribution in [2.24, 2.45) is 0 Å². The molecule has 0 spiro atoms. The minimum absolute atomic E-state index is 0.0298. The van der Waals surface area contributed by atoms with Crippen molar-refractivity contribution in [2.75, 3.05) is 31.7 Å². The summed E-state index contributed by atoms with van der Waals surface area (Å²) in [6.07, 6.45) is -0.688. The molecule has 2 heterocycles. The number of anilines is 1. The number of carbonyl (C=O) groups is 7. The van der Waals surface area contributed by atoms with Crippen molar-refractivity contribution < 1.29 is 48.1 Å². The van der Waals surface area contributed by atoms with Crippen LogP contribution in [0.25, 0.3) is 0 Å². The molecular formula is C22H23N3O10. The maximum atomic E-state index is 13.0. The molecular weight excluding hydrogens is 466 g/mol. The lowest BCUT2D eigenvalue weighted by Crippen LogP contribution is -2.54. The largest absolute Gasteiger partial charge is 0.476 e. The Bertz CT molecular complexity index is 1080. The summed E-state index contributed by atoms with van der Waals surface area (Å²) in [5.74, 6) is -5.77. The molecule has 0 radical (unpaired) electrons. The van der Waals surface area contributed by atoms with Crippen LogP contribution in [0, 0.1) is 0 Å². The fourth-order valence-corrected chi connectivity index (χ4v) is 3.63. The maximum Gasteiger partial charge on any atom is 0.372 e. The molecule has 13 nitrogen and oxygen atoms in total. The molecule has 13 heteroatoms. The zero-order valence-corrected chi connectivity index (χ0v) is 18.5. The zero-order valence-electron chi connectivity index (χ0n) is 18.5. The van der Waals surface area contributed by atoms with Crippen LogP contribution >= 0.6 is 0 Å². The van der Waals surface area contributed by atoms with Gasteiger partial charge in [0.1, 0.15) is 12.6 Å². The van der Waals surface area contributed by atoms with E-state index in [9.17, 15) is 33.6 Å². The van der Waals surface area contributed by atoms with Gasteiger partial charge in [0.05, 0.1) is 30.8 Å². The highest BCUT2D eigenvalue weighted by Crippen LogP contribution is 2.32. The van der Waals surface area contributed by atoms with Crippen molar-refractivity contribution in [1.29, 1.82) is 0 Å². The number of carboxylic acids is 1. The number of rotatable bonds is 12. The third-order valence-corrected chi connectivity index (χ3v) is 5.32. The van der Waals surface area contributed by atoms with Crippen LogP contribution in [0.3, 0.4) is 0 Å². The summed E-state index contributed by atoms with van der Waals surface area (Å²) in [7, 11) is 0. The number of nitrogens with zero attached hydrogens (tertiary/aromatic N) is 1. The lowest BCUT2D eigenvalue weighted by molar-refractivity contribution is -0.151. The van der Waals surface area contributed by atoms with E-state index in [1.165, 1.54) is 6.07 Å². The number of esters is 1. The number of benzene rings is 1. The van der Waals surface area contributed by atoms with Crippen LogP contribution in [0.5, 0.6) is 0 Å². The number of ether oxygens (including phenoxy) is 2. The number of hydrogen-bond acceptors (Lipinski definition) is 10. The number of nitrogens with one attached hydrogen (secondary N) is 2. The van der Waals surface area contributed by atoms with Gasteiger partial charge in [0.25, 0.3) is 11.8 Å². The van der Waals surface area contributed by atoms with Crippen molar-refractivity contribution in [3.8, 4) is 0 Å². The van der Waals surface area contributed by atoms with Gasteiger partial charge < -0.3 is 19.9 Å². The first-order valence-corrected chi connectivity index (χ1v) is 10.8. The van der Waals surface area contributed by atoms with Gasteiger partial charge >= 0.3 is 11.9 Å². The molecule has 3 N–H and O–H groups in total. The van der Waals surface area contributed by atoms with Crippen LogP contribution < -0.4 is 10.6 Å². The fourth-order valence-electron chi connectivity index (χ4n) is 3.63. The van der Waals surface area contributed by atoms with Crippen molar-refractivity contribution in [2.45, 2.75) is 31.7 Å². The fraction of sp³-hybridized carbons (Fsp3) is 0.409. The molecule has 186 valence electrons. The standard InChI is InChI=1S/C22H23N3O10/c26-15(22(32)33)5-7-17(28)35-11-10-34-9-8-23-13-3-1-2-12-18(13)21(31)25(20(12)30)14-4-6-16(27)24-19(14)29/h1-3,14,23H,4-11H2,(H,32,33)(H,24,27,29). The van der Waals surface area contributed by atoms with E-state index in [0.717, 1.165) is 4.90 Å². The van der Waals surface area contributed by atoms with Gasteiger partial charge in [-0.3, -0.25) is 39.0 Å². The van der Waals surface area contributed by atoms with E-state index in [0.29, 0.717) is 5.69 Å². The maximum absolute atomic E-state index is 13.0. The predicted octanol–water partition coefficient (Wildman–Crippen LogP) is -0.507.